The number of nitrogens with two attached hydrogens (primary N) is 1. The van der Waals surface area contributed by atoms with Crippen molar-refractivity contribution in [2.45, 2.75) is 26.8 Å². The van der Waals surface area contributed by atoms with E-state index in [0.717, 1.165) is 16.6 Å². The number of nitrogen functional groups attached to an aromatic ring is 1. The van der Waals surface area contributed by atoms with E-state index in [4.69, 9.17) is 5.73 Å². The minimum absolute atomic E-state index is 0.00269. The normalized spacial score (nSPS) is 11.5. The van der Waals surface area contributed by atoms with Crippen LogP contribution in [0.2, 0.25) is 0 Å². The molecule has 0 aliphatic carbocycles. The maximum Gasteiger partial charge on any atom is 0.263 e. The first-order chi connectivity index (χ1) is 10.5. The van der Waals surface area contributed by atoms with Gasteiger partial charge in [-0.05, 0) is 37.6 Å². The highest BCUT2D eigenvalue weighted by molar-refractivity contribution is 5.84. The molecule has 0 aliphatic heterocycles. The van der Waals surface area contributed by atoms with Crippen LogP contribution in [0.1, 0.15) is 24.5 Å². The number of alkyl halides is 2. The number of halogens is 2. The Bertz CT molecular complexity index is 837. The summed E-state index contributed by atoms with van der Waals surface area (Å²) in [4.78, 5) is 4.59. The van der Waals surface area contributed by atoms with Gasteiger partial charge in [0.05, 0.1) is 11.0 Å². The molecule has 2 N–H and O–H groups in total. The van der Waals surface area contributed by atoms with Crippen LogP contribution in [0.15, 0.2) is 36.4 Å². The van der Waals surface area contributed by atoms with Crippen LogP contribution in [0.4, 0.5) is 14.5 Å². The molecule has 3 nitrogen and oxygen atoms in total. The van der Waals surface area contributed by atoms with Gasteiger partial charge in [-0.3, -0.25) is 0 Å². The minimum Gasteiger partial charge on any atom is -0.398 e. The van der Waals surface area contributed by atoms with Gasteiger partial charge in [-0.15, -0.1) is 0 Å². The third-order valence-corrected chi connectivity index (χ3v) is 3.85. The van der Waals surface area contributed by atoms with Crippen molar-refractivity contribution in [2.75, 3.05) is 5.73 Å². The van der Waals surface area contributed by atoms with E-state index in [0.29, 0.717) is 23.6 Å². The fourth-order valence-electron chi connectivity index (χ4n) is 2.65. The number of anilines is 1. The number of rotatable bonds is 3. The SMILES string of the molecule is CCn1c(-c2cccc(C(F)F)c2)nc2cc(N)c(C)cc21. The van der Waals surface area contributed by atoms with Crippen molar-refractivity contribution < 1.29 is 8.78 Å². The predicted octanol–water partition coefficient (Wildman–Crippen LogP) is 4.55. The molecule has 2 aromatic carbocycles. The Morgan fingerprint density at radius 3 is 2.68 bits per heavy atom. The van der Waals surface area contributed by atoms with Crippen molar-refractivity contribution in [1.29, 1.82) is 0 Å². The topological polar surface area (TPSA) is 43.8 Å². The molecular weight excluding hydrogens is 284 g/mol. The average Bonchev–Trinajstić information content (AvgIpc) is 2.85. The molecule has 0 saturated heterocycles. The van der Waals surface area contributed by atoms with Crippen molar-refractivity contribution in [3.05, 3.63) is 47.5 Å². The van der Waals surface area contributed by atoms with Gasteiger partial charge in [-0.25, -0.2) is 13.8 Å². The number of hydrogen-bond acceptors (Lipinski definition) is 2. The summed E-state index contributed by atoms with van der Waals surface area (Å²) in [6, 6.07) is 10.2. The van der Waals surface area contributed by atoms with E-state index in [1.54, 1.807) is 12.1 Å². The van der Waals surface area contributed by atoms with Crippen LogP contribution in [0.3, 0.4) is 0 Å². The zero-order valence-electron chi connectivity index (χ0n) is 12.5. The van der Waals surface area contributed by atoms with Crippen LogP contribution in [0.25, 0.3) is 22.4 Å². The largest absolute Gasteiger partial charge is 0.398 e. The molecule has 0 spiro atoms. The lowest BCUT2D eigenvalue weighted by atomic mass is 10.1. The van der Waals surface area contributed by atoms with Crippen molar-refractivity contribution in [3.63, 3.8) is 0 Å². The van der Waals surface area contributed by atoms with E-state index in [1.807, 2.05) is 30.5 Å². The molecule has 0 saturated carbocycles. The summed E-state index contributed by atoms with van der Waals surface area (Å²) in [7, 11) is 0. The molecule has 1 heterocycles. The number of aromatic nitrogens is 2. The van der Waals surface area contributed by atoms with Gasteiger partial charge in [0.15, 0.2) is 0 Å². The first-order valence-corrected chi connectivity index (χ1v) is 7.16. The Balaban J connectivity index is 2.24. The summed E-state index contributed by atoms with van der Waals surface area (Å²) < 4.78 is 27.8. The van der Waals surface area contributed by atoms with Gasteiger partial charge in [0.2, 0.25) is 0 Å². The van der Waals surface area contributed by atoms with E-state index < -0.39 is 6.43 Å². The molecule has 5 heteroatoms. The van der Waals surface area contributed by atoms with E-state index >= 15 is 0 Å². The molecule has 114 valence electrons. The van der Waals surface area contributed by atoms with Gasteiger partial charge in [-0.2, -0.15) is 0 Å². The third kappa shape index (κ3) is 2.32. The summed E-state index contributed by atoms with van der Waals surface area (Å²) in [5, 5.41) is 0. The standard InChI is InChI=1S/C17H17F2N3/c1-3-22-15-7-10(2)13(20)9-14(15)21-17(22)12-6-4-5-11(8-12)16(18)19/h4-9,16H,3,20H2,1-2H3. The van der Waals surface area contributed by atoms with Crippen LogP contribution < -0.4 is 5.73 Å². The number of benzene rings is 2. The fourth-order valence-corrected chi connectivity index (χ4v) is 2.65. The molecular formula is C17H17F2N3. The summed E-state index contributed by atoms with van der Waals surface area (Å²) in [6.45, 7) is 4.65. The van der Waals surface area contributed by atoms with Crippen LogP contribution >= 0.6 is 0 Å². The number of fused-ring (bicyclic) bond motifs is 1. The van der Waals surface area contributed by atoms with E-state index in [2.05, 4.69) is 4.98 Å². The van der Waals surface area contributed by atoms with E-state index in [1.165, 1.54) is 12.1 Å². The lowest BCUT2D eigenvalue weighted by Crippen LogP contribution is -1.98. The predicted molar refractivity (Wildman–Crippen MR) is 84.9 cm³/mol. The quantitative estimate of drug-likeness (QED) is 0.721. The number of aryl methyl sites for hydroxylation is 2. The van der Waals surface area contributed by atoms with Crippen molar-refractivity contribution >= 4 is 16.7 Å². The van der Waals surface area contributed by atoms with Crippen molar-refractivity contribution in [3.8, 4) is 11.4 Å². The monoisotopic (exact) mass is 301 g/mol. The van der Waals surface area contributed by atoms with Crippen LogP contribution in [0, 0.1) is 6.92 Å². The van der Waals surface area contributed by atoms with Crippen LogP contribution in [-0.2, 0) is 6.54 Å². The highest BCUT2D eigenvalue weighted by atomic mass is 19.3. The van der Waals surface area contributed by atoms with Crippen LogP contribution in [-0.4, -0.2) is 9.55 Å². The maximum atomic E-state index is 12.9. The smallest absolute Gasteiger partial charge is 0.263 e. The second-order valence-electron chi connectivity index (χ2n) is 5.30. The Hall–Kier alpha value is -2.43. The highest BCUT2D eigenvalue weighted by Crippen LogP contribution is 2.30. The van der Waals surface area contributed by atoms with E-state index in [9.17, 15) is 8.78 Å². The second kappa shape index (κ2) is 5.40. The van der Waals surface area contributed by atoms with Gasteiger partial charge >= 0.3 is 0 Å². The molecule has 0 amide bonds. The number of imidazole rings is 1. The molecule has 0 unspecified atom stereocenters. The number of nitrogens with zero attached hydrogens (tertiary/aromatic N) is 2. The fraction of sp³-hybridized carbons (Fsp3) is 0.235. The van der Waals surface area contributed by atoms with Gasteiger partial charge in [0.25, 0.3) is 6.43 Å². The molecule has 22 heavy (non-hydrogen) atoms. The van der Waals surface area contributed by atoms with Gasteiger partial charge in [0, 0.05) is 23.4 Å². The molecule has 0 fully saturated rings. The summed E-state index contributed by atoms with van der Waals surface area (Å²) in [5.41, 5.74) is 10.0. The van der Waals surface area contributed by atoms with Gasteiger partial charge in [0.1, 0.15) is 5.82 Å². The Labute approximate surface area is 127 Å². The molecule has 0 aliphatic rings. The lowest BCUT2D eigenvalue weighted by molar-refractivity contribution is 0.151. The van der Waals surface area contributed by atoms with Gasteiger partial charge in [-0.1, -0.05) is 18.2 Å². The first kappa shape index (κ1) is 14.5. The van der Waals surface area contributed by atoms with E-state index in [-0.39, 0.29) is 5.56 Å². The Kier molecular flexibility index (Phi) is 3.56. The zero-order valence-corrected chi connectivity index (χ0v) is 12.5. The summed E-state index contributed by atoms with van der Waals surface area (Å²) in [5.74, 6) is 0.685. The molecule has 0 atom stereocenters. The van der Waals surface area contributed by atoms with Gasteiger partial charge < -0.3 is 10.3 Å². The number of hydrogen-bond donors (Lipinski definition) is 1. The Morgan fingerprint density at radius 1 is 1.23 bits per heavy atom. The molecule has 1 aromatic heterocycles. The van der Waals surface area contributed by atoms with Crippen molar-refractivity contribution in [2.24, 2.45) is 0 Å². The Morgan fingerprint density at radius 2 is 2.00 bits per heavy atom. The first-order valence-electron chi connectivity index (χ1n) is 7.16. The highest BCUT2D eigenvalue weighted by Gasteiger charge is 2.15. The molecule has 3 aromatic rings. The summed E-state index contributed by atoms with van der Waals surface area (Å²) >= 11 is 0. The minimum atomic E-state index is -2.49. The summed E-state index contributed by atoms with van der Waals surface area (Å²) in [6.07, 6.45) is -2.49. The average molecular weight is 301 g/mol. The second-order valence-corrected chi connectivity index (χ2v) is 5.30. The molecule has 0 radical (unpaired) electrons. The zero-order chi connectivity index (χ0) is 15.9. The lowest BCUT2D eigenvalue weighted by Gasteiger charge is -2.08. The van der Waals surface area contributed by atoms with Crippen LogP contribution in [0.5, 0.6) is 0 Å². The maximum absolute atomic E-state index is 12.9. The third-order valence-electron chi connectivity index (χ3n) is 3.85. The molecule has 3 rings (SSSR count). The van der Waals surface area contributed by atoms with Crippen molar-refractivity contribution in [1.82, 2.24) is 9.55 Å². The molecule has 0 bridgehead atoms.